The first-order chi connectivity index (χ1) is 15.0. The highest BCUT2D eigenvalue weighted by Gasteiger charge is 2.09. The zero-order chi connectivity index (χ0) is 22.2. The van der Waals surface area contributed by atoms with Crippen LogP contribution >= 0.6 is 0 Å². The molecule has 0 aliphatic carbocycles. The first-order valence-corrected chi connectivity index (χ1v) is 11.0. The second kappa shape index (κ2) is 11.1. The Balaban J connectivity index is 1.63. The van der Waals surface area contributed by atoms with Crippen LogP contribution in [-0.4, -0.2) is 0 Å². The van der Waals surface area contributed by atoms with Gasteiger partial charge >= 0.3 is 0 Å². The number of fused-ring (bicyclic) bond motifs is 1. The molecule has 0 nitrogen and oxygen atoms in total. The quantitative estimate of drug-likeness (QED) is 0.224. The number of rotatable bonds is 10. The highest BCUT2D eigenvalue weighted by molar-refractivity contribution is 5.86. The molecule has 4 heteroatoms. The molecule has 0 aromatic heterocycles. The van der Waals surface area contributed by atoms with E-state index in [1.54, 1.807) is 24.3 Å². The van der Waals surface area contributed by atoms with Crippen LogP contribution in [0.15, 0.2) is 54.6 Å². The van der Waals surface area contributed by atoms with Crippen molar-refractivity contribution in [2.24, 2.45) is 0 Å². The van der Waals surface area contributed by atoms with E-state index in [0.29, 0.717) is 35.3 Å². The first-order valence-electron chi connectivity index (χ1n) is 11.0. The van der Waals surface area contributed by atoms with Crippen molar-refractivity contribution in [1.82, 2.24) is 0 Å². The molecule has 0 saturated heterocycles. The number of benzene rings is 3. The maximum Gasteiger partial charge on any atom is 0.271 e. The number of aryl methyl sites for hydroxylation is 3. The minimum atomic E-state index is -1.93. The standard InChI is InChI=1S/C27H28F4/c1-2-3-4-5-6-7-19-8-11-21(25(28)17-19)12-9-20-10-15-24-22(16-20)13-14-23(27(24)31)18-26(29)30/h8,10-11,13-18H,2-7,9,12H2,1H3. The van der Waals surface area contributed by atoms with Gasteiger partial charge in [-0.05, 0) is 53.8 Å². The van der Waals surface area contributed by atoms with Crippen LogP contribution in [0.2, 0.25) is 0 Å². The molecule has 0 radical (unpaired) electrons. The van der Waals surface area contributed by atoms with E-state index < -0.39 is 11.9 Å². The number of hydrogen-bond acceptors (Lipinski definition) is 0. The fourth-order valence-corrected chi connectivity index (χ4v) is 3.90. The van der Waals surface area contributed by atoms with Crippen molar-refractivity contribution in [3.05, 3.63) is 88.5 Å². The molecule has 3 rings (SSSR count). The Labute approximate surface area is 181 Å². The molecule has 3 aromatic carbocycles. The summed E-state index contributed by atoms with van der Waals surface area (Å²) in [5, 5.41) is 0.943. The van der Waals surface area contributed by atoms with Crippen LogP contribution < -0.4 is 0 Å². The lowest BCUT2D eigenvalue weighted by molar-refractivity contribution is 0.429. The van der Waals surface area contributed by atoms with Crippen LogP contribution in [0, 0.1) is 11.6 Å². The molecule has 0 amide bonds. The fourth-order valence-electron chi connectivity index (χ4n) is 3.90. The van der Waals surface area contributed by atoms with Crippen LogP contribution in [0.25, 0.3) is 16.8 Å². The lowest BCUT2D eigenvalue weighted by atomic mass is 9.98. The van der Waals surface area contributed by atoms with Gasteiger partial charge in [-0.15, -0.1) is 0 Å². The van der Waals surface area contributed by atoms with Crippen molar-refractivity contribution in [2.75, 3.05) is 0 Å². The summed E-state index contributed by atoms with van der Waals surface area (Å²) in [6, 6.07) is 13.7. The molecule has 0 heterocycles. The Morgan fingerprint density at radius 3 is 2.26 bits per heavy atom. The summed E-state index contributed by atoms with van der Waals surface area (Å²) >= 11 is 0. The molecule has 0 aliphatic rings. The third-order valence-corrected chi connectivity index (χ3v) is 5.68. The minimum Gasteiger partial charge on any atom is -0.207 e. The molecule has 0 atom stereocenters. The largest absolute Gasteiger partial charge is 0.271 e. The van der Waals surface area contributed by atoms with Gasteiger partial charge in [-0.3, -0.25) is 0 Å². The van der Waals surface area contributed by atoms with Crippen molar-refractivity contribution in [1.29, 1.82) is 0 Å². The molecule has 0 saturated carbocycles. The second-order valence-electron chi connectivity index (χ2n) is 8.05. The average molecular weight is 429 g/mol. The van der Waals surface area contributed by atoms with Crippen LogP contribution in [0.1, 0.15) is 61.3 Å². The first kappa shape index (κ1) is 23.1. The summed E-state index contributed by atoms with van der Waals surface area (Å²) in [6.45, 7) is 2.19. The Morgan fingerprint density at radius 2 is 1.52 bits per heavy atom. The maximum absolute atomic E-state index is 14.5. The van der Waals surface area contributed by atoms with Gasteiger partial charge in [-0.25, -0.2) is 8.78 Å². The highest BCUT2D eigenvalue weighted by atomic mass is 19.3. The van der Waals surface area contributed by atoms with Crippen molar-refractivity contribution < 1.29 is 17.6 Å². The third-order valence-electron chi connectivity index (χ3n) is 5.68. The van der Waals surface area contributed by atoms with E-state index in [2.05, 4.69) is 6.92 Å². The topological polar surface area (TPSA) is 0 Å². The Hall–Kier alpha value is -2.62. The van der Waals surface area contributed by atoms with Crippen molar-refractivity contribution in [3.8, 4) is 0 Å². The summed E-state index contributed by atoms with van der Waals surface area (Å²) in [4.78, 5) is 0. The lowest BCUT2D eigenvalue weighted by Gasteiger charge is -2.09. The van der Waals surface area contributed by atoms with Crippen LogP contribution in [-0.2, 0) is 19.3 Å². The van der Waals surface area contributed by atoms with Gasteiger partial charge in [0.25, 0.3) is 6.08 Å². The predicted octanol–water partition coefficient (Wildman–Crippen LogP) is 8.65. The summed E-state index contributed by atoms with van der Waals surface area (Å²) < 4.78 is 53.9. The number of hydrogen-bond donors (Lipinski definition) is 0. The van der Waals surface area contributed by atoms with Gasteiger partial charge < -0.3 is 0 Å². The van der Waals surface area contributed by atoms with Gasteiger partial charge in [0, 0.05) is 17.0 Å². The SMILES string of the molecule is CCCCCCCc1ccc(CCc2ccc3c(F)c(C=C(F)F)ccc3c2)c(F)c1. The molecular weight excluding hydrogens is 400 g/mol. The summed E-state index contributed by atoms with van der Waals surface area (Å²) in [5.41, 5.74) is 2.52. The molecule has 0 aliphatic heterocycles. The Kier molecular flexibility index (Phi) is 8.27. The molecule has 0 bridgehead atoms. The average Bonchev–Trinajstić information content (AvgIpc) is 2.74. The predicted molar refractivity (Wildman–Crippen MR) is 120 cm³/mol. The molecule has 0 unspecified atom stereocenters. The lowest BCUT2D eigenvalue weighted by Crippen LogP contribution is -1.97. The number of unbranched alkanes of at least 4 members (excludes halogenated alkanes) is 4. The summed E-state index contributed by atoms with van der Waals surface area (Å²) in [7, 11) is 0. The molecular formula is C27H28F4. The van der Waals surface area contributed by atoms with E-state index in [-0.39, 0.29) is 11.4 Å². The minimum absolute atomic E-state index is 0.132. The zero-order valence-electron chi connectivity index (χ0n) is 17.9. The van der Waals surface area contributed by atoms with Crippen LogP contribution in [0.4, 0.5) is 17.6 Å². The number of halogens is 4. The normalized spacial score (nSPS) is 11.1. The Morgan fingerprint density at radius 1 is 0.774 bits per heavy atom. The van der Waals surface area contributed by atoms with Crippen LogP contribution in [0.5, 0.6) is 0 Å². The van der Waals surface area contributed by atoms with E-state index in [1.807, 2.05) is 18.2 Å². The van der Waals surface area contributed by atoms with Crippen molar-refractivity contribution in [2.45, 2.75) is 58.3 Å². The summed E-state index contributed by atoms with van der Waals surface area (Å²) in [6.07, 6.45) is 6.63. The molecule has 0 spiro atoms. The maximum atomic E-state index is 14.5. The fraction of sp³-hybridized carbons (Fsp3) is 0.333. The van der Waals surface area contributed by atoms with Crippen molar-refractivity contribution in [3.63, 3.8) is 0 Å². The second-order valence-corrected chi connectivity index (χ2v) is 8.05. The van der Waals surface area contributed by atoms with Crippen molar-refractivity contribution >= 4 is 16.8 Å². The monoisotopic (exact) mass is 428 g/mol. The summed E-state index contributed by atoms with van der Waals surface area (Å²) in [5.74, 6) is -0.837. The molecule has 0 fully saturated rings. The Bertz CT molecular complexity index is 1050. The van der Waals surface area contributed by atoms with E-state index in [0.717, 1.165) is 24.0 Å². The van der Waals surface area contributed by atoms with Gasteiger partial charge in [0.1, 0.15) is 11.6 Å². The van der Waals surface area contributed by atoms with E-state index in [4.69, 9.17) is 0 Å². The van der Waals surface area contributed by atoms with Crippen LogP contribution in [0.3, 0.4) is 0 Å². The van der Waals surface area contributed by atoms with Gasteiger partial charge in [0.15, 0.2) is 0 Å². The van der Waals surface area contributed by atoms with Gasteiger partial charge in [0.05, 0.1) is 0 Å². The van der Waals surface area contributed by atoms with Gasteiger partial charge in [-0.2, -0.15) is 8.78 Å². The molecule has 31 heavy (non-hydrogen) atoms. The highest BCUT2D eigenvalue weighted by Crippen LogP contribution is 2.25. The van der Waals surface area contributed by atoms with E-state index >= 15 is 0 Å². The smallest absolute Gasteiger partial charge is 0.207 e. The van der Waals surface area contributed by atoms with E-state index in [9.17, 15) is 17.6 Å². The molecule has 164 valence electrons. The van der Waals surface area contributed by atoms with E-state index in [1.165, 1.54) is 31.7 Å². The van der Waals surface area contributed by atoms with Gasteiger partial charge in [-0.1, -0.05) is 75.1 Å². The van der Waals surface area contributed by atoms with Gasteiger partial charge in [0.2, 0.25) is 0 Å². The molecule has 0 N–H and O–H groups in total. The zero-order valence-corrected chi connectivity index (χ0v) is 17.9. The third kappa shape index (κ3) is 6.43. The molecule has 3 aromatic rings.